The molecule has 3 atom stereocenters. The highest BCUT2D eigenvalue weighted by Gasteiger charge is 2.38. The number of amidine groups is 1. The van der Waals surface area contributed by atoms with Gasteiger partial charge in [0.15, 0.2) is 11.8 Å². The number of carboxylic acids is 1. The van der Waals surface area contributed by atoms with Crippen LogP contribution in [0.25, 0.3) is 0 Å². The maximum absolute atomic E-state index is 13.6. The number of aliphatic imine (C=N–C) groups is 1. The molecule has 268 valence electrons. The minimum atomic E-state index is -5.08. The number of halogens is 3. The van der Waals surface area contributed by atoms with Crippen LogP contribution in [0.3, 0.4) is 0 Å². The van der Waals surface area contributed by atoms with Crippen LogP contribution in [0, 0.1) is 11.8 Å². The van der Waals surface area contributed by atoms with Gasteiger partial charge in [0.1, 0.15) is 18.0 Å². The number of amides is 4. The van der Waals surface area contributed by atoms with E-state index in [1.165, 1.54) is 4.90 Å². The summed E-state index contributed by atoms with van der Waals surface area (Å²) in [5, 5.41) is 24.5. The third-order valence-electron chi connectivity index (χ3n) is 7.40. The summed E-state index contributed by atoms with van der Waals surface area (Å²) < 4.78 is 31.7. The first kappa shape index (κ1) is 40.9. The third-order valence-corrected chi connectivity index (χ3v) is 7.40. The lowest BCUT2D eigenvalue weighted by Gasteiger charge is -2.32. The molecule has 0 radical (unpaired) electrons. The van der Waals surface area contributed by atoms with Gasteiger partial charge in [-0.2, -0.15) is 13.2 Å². The zero-order chi connectivity index (χ0) is 36.6. The van der Waals surface area contributed by atoms with Crippen LogP contribution in [0.1, 0.15) is 56.1 Å². The van der Waals surface area contributed by atoms with Crippen LogP contribution in [0.15, 0.2) is 34.4 Å². The van der Waals surface area contributed by atoms with Crippen molar-refractivity contribution in [1.82, 2.24) is 15.5 Å². The molecular weight excluding hydrogens is 643 g/mol. The average Bonchev–Trinajstić information content (AvgIpc) is 3.03. The molecular formula is C29H44F3N9O7. The summed E-state index contributed by atoms with van der Waals surface area (Å²) in [6, 6.07) is 4.67. The van der Waals surface area contributed by atoms with Crippen molar-refractivity contribution < 1.29 is 47.5 Å². The van der Waals surface area contributed by atoms with E-state index in [1.54, 1.807) is 38.4 Å². The Morgan fingerprint density at radius 2 is 1.52 bits per heavy atom. The molecule has 48 heavy (non-hydrogen) atoms. The van der Waals surface area contributed by atoms with Crippen LogP contribution in [-0.2, 0) is 30.4 Å². The number of benzene rings is 1. The van der Waals surface area contributed by atoms with E-state index in [0.717, 1.165) is 19.3 Å². The van der Waals surface area contributed by atoms with Crippen LogP contribution >= 0.6 is 0 Å². The first-order chi connectivity index (χ1) is 22.4. The zero-order valence-corrected chi connectivity index (χ0v) is 26.7. The maximum atomic E-state index is 13.6. The molecule has 1 fully saturated rings. The van der Waals surface area contributed by atoms with Crippen LogP contribution in [0.4, 0.5) is 13.2 Å². The molecule has 1 aliphatic rings. The van der Waals surface area contributed by atoms with Gasteiger partial charge in [0.05, 0.1) is 0 Å². The van der Waals surface area contributed by atoms with Gasteiger partial charge < -0.3 is 48.8 Å². The van der Waals surface area contributed by atoms with Crippen LogP contribution < -0.4 is 33.6 Å². The minimum Gasteiger partial charge on any atom is -0.475 e. The molecule has 16 nitrogen and oxygen atoms in total. The summed E-state index contributed by atoms with van der Waals surface area (Å²) in [6.45, 7) is 0.263. The zero-order valence-electron chi connectivity index (χ0n) is 26.7. The molecule has 0 spiro atoms. The van der Waals surface area contributed by atoms with Crippen molar-refractivity contribution in [2.24, 2.45) is 44.9 Å². The normalized spacial score (nSPS) is 15.4. The predicted octanol–water partition coefficient (Wildman–Crippen LogP) is -0.250. The van der Waals surface area contributed by atoms with E-state index in [9.17, 15) is 32.3 Å². The topological polar surface area (TPSA) is 282 Å². The van der Waals surface area contributed by atoms with Gasteiger partial charge in [0.25, 0.3) is 0 Å². The molecule has 2 rings (SSSR count). The number of nitrogens with two attached hydrogens (primary N) is 4. The lowest BCUT2D eigenvalue weighted by Crippen LogP contribution is -2.57. The smallest absolute Gasteiger partial charge is 0.475 e. The van der Waals surface area contributed by atoms with E-state index in [1.807, 2.05) is 0 Å². The van der Waals surface area contributed by atoms with Crippen molar-refractivity contribution in [2.75, 3.05) is 20.6 Å². The van der Waals surface area contributed by atoms with Gasteiger partial charge >= 0.3 is 12.1 Å². The first-order valence-corrected chi connectivity index (χ1v) is 14.9. The number of primary amides is 1. The Balaban J connectivity index is 0.00000148. The fraction of sp³-hybridized carbons (Fsp3) is 0.552. The molecule has 0 saturated heterocycles. The number of hydrogen-bond donors (Lipinski definition) is 8. The Morgan fingerprint density at radius 3 is 1.98 bits per heavy atom. The molecule has 19 heteroatoms. The highest BCUT2D eigenvalue weighted by molar-refractivity contribution is 6.02. The summed E-state index contributed by atoms with van der Waals surface area (Å²) >= 11 is 0. The van der Waals surface area contributed by atoms with E-state index >= 15 is 0 Å². The lowest BCUT2D eigenvalue weighted by molar-refractivity contribution is -0.192. The molecule has 1 aliphatic carbocycles. The second-order valence-electron chi connectivity index (χ2n) is 11.3. The van der Waals surface area contributed by atoms with Crippen LogP contribution in [0.2, 0.25) is 0 Å². The Kier molecular flexibility index (Phi) is 16.7. The standard InChI is InChI=1S/C27H43N9O5.C2HF3O2/c1-36(2)26(40)19(15-16-10-12-18(13-11-16)22(28)35-41)24(38)34-21(17-7-4-3-5-8-17)25(39)33-20(23(29)37)9-6-14-32-27(30)31;3-2(4,5)1(6)7/h10-13,17,19-21,41H,3-9,14-15H2,1-2H3,(H2,28,35)(H2,29,37)(H,33,39)(H,34,38)(H4,30,31,32);(H,6,7)/t19?,20-,21-;/m0./s1. The number of rotatable bonds is 14. The van der Waals surface area contributed by atoms with Gasteiger partial charge in [-0.1, -0.05) is 48.7 Å². The molecule has 0 aliphatic heterocycles. The fourth-order valence-electron chi connectivity index (χ4n) is 4.88. The van der Waals surface area contributed by atoms with Crippen molar-refractivity contribution in [3.63, 3.8) is 0 Å². The summed E-state index contributed by atoms with van der Waals surface area (Å²) in [6.07, 6.45) is -0.155. The quantitative estimate of drug-likeness (QED) is 0.0317. The van der Waals surface area contributed by atoms with Gasteiger partial charge in [-0.15, -0.1) is 0 Å². The van der Waals surface area contributed by atoms with Crippen molar-refractivity contribution in [3.05, 3.63) is 35.4 Å². The highest BCUT2D eigenvalue weighted by atomic mass is 19.4. The van der Waals surface area contributed by atoms with E-state index in [-0.39, 0.29) is 37.1 Å². The van der Waals surface area contributed by atoms with Crippen molar-refractivity contribution >= 4 is 41.4 Å². The van der Waals surface area contributed by atoms with Gasteiger partial charge in [0, 0.05) is 26.2 Å². The van der Waals surface area contributed by atoms with E-state index in [0.29, 0.717) is 30.4 Å². The largest absolute Gasteiger partial charge is 0.490 e. The molecule has 1 saturated carbocycles. The predicted molar refractivity (Wildman–Crippen MR) is 168 cm³/mol. The average molecular weight is 688 g/mol. The number of hydrogen-bond acceptors (Lipinski definition) is 8. The number of aliphatic carboxylic acids is 1. The Hall–Kier alpha value is -5.10. The number of carbonyl (C=O) groups excluding carboxylic acids is 4. The van der Waals surface area contributed by atoms with E-state index < -0.39 is 53.8 Å². The molecule has 4 amide bonds. The van der Waals surface area contributed by atoms with Crippen molar-refractivity contribution in [3.8, 4) is 0 Å². The molecule has 0 aromatic heterocycles. The van der Waals surface area contributed by atoms with Crippen molar-refractivity contribution in [1.29, 1.82) is 0 Å². The number of nitrogens with one attached hydrogen (secondary N) is 2. The summed E-state index contributed by atoms with van der Waals surface area (Å²) in [5.41, 5.74) is 23.0. The minimum absolute atomic E-state index is 0.0625. The van der Waals surface area contributed by atoms with Crippen molar-refractivity contribution in [2.45, 2.75) is 69.6 Å². The van der Waals surface area contributed by atoms with Crippen LogP contribution in [0.5, 0.6) is 0 Å². The second-order valence-corrected chi connectivity index (χ2v) is 11.3. The second kappa shape index (κ2) is 19.5. The van der Waals surface area contributed by atoms with Gasteiger partial charge in [0.2, 0.25) is 23.6 Å². The van der Waals surface area contributed by atoms with Crippen LogP contribution in [-0.4, -0.2) is 95.5 Å². The van der Waals surface area contributed by atoms with E-state index in [2.05, 4.69) is 20.8 Å². The summed E-state index contributed by atoms with van der Waals surface area (Å²) in [7, 11) is 3.10. The molecule has 1 aromatic rings. The number of guanidine groups is 1. The van der Waals surface area contributed by atoms with Gasteiger partial charge in [-0.25, -0.2) is 4.79 Å². The lowest BCUT2D eigenvalue weighted by atomic mass is 9.83. The van der Waals surface area contributed by atoms with Gasteiger partial charge in [-0.05, 0) is 43.6 Å². The SMILES string of the molecule is CN(C)C(=O)C(Cc1ccc(/C(N)=N/O)cc1)C(=O)N[C@H](C(=O)N[C@@H](CCCN=C(N)N)C(N)=O)C1CCCCC1.O=C(O)C(F)(F)F. The molecule has 1 unspecified atom stereocenters. The highest BCUT2D eigenvalue weighted by Crippen LogP contribution is 2.27. The fourth-order valence-corrected chi connectivity index (χ4v) is 4.88. The number of oxime groups is 1. The Bertz CT molecular complexity index is 1310. The van der Waals surface area contributed by atoms with E-state index in [4.69, 9.17) is 38.0 Å². The maximum Gasteiger partial charge on any atom is 0.490 e. The third kappa shape index (κ3) is 14.1. The summed E-state index contributed by atoms with van der Waals surface area (Å²) in [4.78, 5) is 66.4. The molecule has 0 bridgehead atoms. The number of alkyl halides is 3. The van der Waals surface area contributed by atoms with Gasteiger partial charge in [-0.3, -0.25) is 24.2 Å². The number of nitrogens with zero attached hydrogens (tertiary/aromatic N) is 3. The Morgan fingerprint density at radius 1 is 0.958 bits per heavy atom. The summed E-state index contributed by atoms with van der Waals surface area (Å²) in [5.74, 6) is -6.47. The molecule has 12 N–H and O–H groups in total. The Labute approximate surface area is 275 Å². The molecule has 1 aromatic carbocycles. The number of carbonyl (C=O) groups is 5. The molecule has 0 heterocycles. The first-order valence-electron chi connectivity index (χ1n) is 14.9. The number of carboxylic acid groups (broad SMARTS) is 1. The monoisotopic (exact) mass is 687 g/mol.